The highest BCUT2D eigenvalue weighted by molar-refractivity contribution is 7.18. The first-order valence-electron chi connectivity index (χ1n) is 5.72. The number of para-hydroxylation sites is 1. The monoisotopic (exact) mass is 233 g/mol. The highest BCUT2D eigenvalue weighted by atomic mass is 32.1. The molecule has 2 nitrogen and oxygen atoms in total. The number of thiazole rings is 1. The molecule has 1 unspecified atom stereocenters. The Labute approximate surface area is 99.0 Å². The molecule has 2 aromatic rings. The van der Waals surface area contributed by atoms with Crippen LogP contribution >= 0.6 is 11.3 Å². The predicted octanol–water partition coefficient (Wildman–Crippen LogP) is 3.00. The standard InChI is InChI=1S/C13H15NOS/c1-9(15)13(6-7-13)8-12-14-10-4-2-3-5-11(10)16-12/h2-5,9,15H,6-8H2,1H3. The van der Waals surface area contributed by atoms with Crippen molar-refractivity contribution in [1.82, 2.24) is 4.98 Å². The summed E-state index contributed by atoms with van der Waals surface area (Å²) in [5.41, 5.74) is 1.22. The second-order valence-corrected chi connectivity index (χ2v) is 5.91. The van der Waals surface area contributed by atoms with Crippen LogP contribution in [0.25, 0.3) is 10.2 Å². The van der Waals surface area contributed by atoms with Gasteiger partial charge in [-0.3, -0.25) is 0 Å². The van der Waals surface area contributed by atoms with Gasteiger partial charge in [-0.25, -0.2) is 4.98 Å². The van der Waals surface area contributed by atoms with Gasteiger partial charge in [-0.05, 0) is 31.9 Å². The van der Waals surface area contributed by atoms with Crippen LogP contribution in [-0.4, -0.2) is 16.2 Å². The molecule has 3 rings (SSSR count). The number of aliphatic hydroxyl groups excluding tert-OH is 1. The molecule has 1 aromatic heterocycles. The molecular formula is C13H15NOS. The molecule has 0 radical (unpaired) electrons. The van der Waals surface area contributed by atoms with Crippen LogP contribution < -0.4 is 0 Å². The summed E-state index contributed by atoms with van der Waals surface area (Å²) in [5, 5.41) is 10.9. The number of hydrogen-bond donors (Lipinski definition) is 1. The number of nitrogens with zero attached hydrogens (tertiary/aromatic N) is 1. The van der Waals surface area contributed by atoms with Crippen LogP contribution in [0, 0.1) is 5.41 Å². The van der Waals surface area contributed by atoms with Crippen LogP contribution in [0.2, 0.25) is 0 Å². The Bertz CT molecular complexity index is 480. The van der Waals surface area contributed by atoms with E-state index in [1.165, 1.54) is 9.71 Å². The van der Waals surface area contributed by atoms with E-state index in [4.69, 9.17) is 0 Å². The van der Waals surface area contributed by atoms with Gasteiger partial charge in [-0.2, -0.15) is 0 Å². The molecule has 0 saturated heterocycles. The Morgan fingerprint density at radius 2 is 2.19 bits per heavy atom. The topological polar surface area (TPSA) is 33.1 Å². The zero-order valence-corrected chi connectivity index (χ0v) is 10.1. The summed E-state index contributed by atoms with van der Waals surface area (Å²) < 4.78 is 1.25. The van der Waals surface area contributed by atoms with Gasteiger partial charge in [0.25, 0.3) is 0 Å². The molecule has 1 fully saturated rings. The van der Waals surface area contributed by atoms with Crippen LogP contribution in [0.5, 0.6) is 0 Å². The van der Waals surface area contributed by atoms with E-state index in [2.05, 4.69) is 17.1 Å². The lowest BCUT2D eigenvalue weighted by Crippen LogP contribution is -2.20. The van der Waals surface area contributed by atoms with Crippen LogP contribution in [0.1, 0.15) is 24.8 Å². The Morgan fingerprint density at radius 1 is 1.44 bits per heavy atom. The van der Waals surface area contributed by atoms with Crippen molar-refractivity contribution in [3.63, 3.8) is 0 Å². The lowest BCUT2D eigenvalue weighted by Gasteiger charge is -2.16. The third-order valence-electron chi connectivity index (χ3n) is 3.62. The van der Waals surface area contributed by atoms with Gasteiger partial charge in [-0.1, -0.05) is 12.1 Å². The molecule has 1 saturated carbocycles. The van der Waals surface area contributed by atoms with Crippen LogP contribution in [0.3, 0.4) is 0 Å². The van der Waals surface area contributed by atoms with E-state index in [-0.39, 0.29) is 11.5 Å². The van der Waals surface area contributed by atoms with Crippen molar-refractivity contribution in [3.05, 3.63) is 29.3 Å². The van der Waals surface area contributed by atoms with Crippen molar-refractivity contribution in [1.29, 1.82) is 0 Å². The van der Waals surface area contributed by atoms with E-state index in [1.807, 2.05) is 19.1 Å². The van der Waals surface area contributed by atoms with Gasteiger partial charge in [0.1, 0.15) is 0 Å². The smallest absolute Gasteiger partial charge is 0.0945 e. The van der Waals surface area contributed by atoms with Gasteiger partial charge in [0.2, 0.25) is 0 Å². The number of benzene rings is 1. The fraction of sp³-hybridized carbons (Fsp3) is 0.462. The first-order valence-corrected chi connectivity index (χ1v) is 6.54. The molecule has 0 bridgehead atoms. The number of hydrogen-bond acceptors (Lipinski definition) is 3. The third kappa shape index (κ3) is 1.64. The summed E-state index contributed by atoms with van der Waals surface area (Å²) in [5.74, 6) is 0. The first kappa shape index (κ1) is 10.2. The average Bonchev–Trinajstić information content (AvgIpc) is 2.92. The van der Waals surface area contributed by atoms with Crippen molar-refractivity contribution in [2.45, 2.75) is 32.3 Å². The van der Waals surface area contributed by atoms with Crippen molar-refractivity contribution < 1.29 is 5.11 Å². The van der Waals surface area contributed by atoms with Crippen molar-refractivity contribution in [3.8, 4) is 0 Å². The summed E-state index contributed by atoms with van der Waals surface area (Å²) in [4.78, 5) is 4.63. The normalized spacial score (nSPS) is 19.9. The highest BCUT2D eigenvalue weighted by Gasteiger charge is 2.47. The molecule has 1 aromatic carbocycles. The fourth-order valence-corrected chi connectivity index (χ4v) is 3.32. The van der Waals surface area contributed by atoms with Crippen LogP contribution in [-0.2, 0) is 6.42 Å². The molecule has 1 atom stereocenters. The quantitative estimate of drug-likeness (QED) is 0.884. The maximum absolute atomic E-state index is 9.76. The average molecular weight is 233 g/mol. The van der Waals surface area contributed by atoms with Gasteiger partial charge in [0, 0.05) is 11.8 Å². The Hall–Kier alpha value is -0.930. The minimum absolute atomic E-state index is 0.133. The number of aliphatic hydroxyl groups is 1. The molecular weight excluding hydrogens is 218 g/mol. The predicted molar refractivity (Wildman–Crippen MR) is 66.7 cm³/mol. The van der Waals surface area contributed by atoms with Gasteiger partial charge in [0.15, 0.2) is 0 Å². The fourth-order valence-electron chi connectivity index (χ4n) is 2.20. The summed E-state index contributed by atoms with van der Waals surface area (Å²) in [6, 6.07) is 8.23. The molecule has 16 heavy (non-hydrogen) atoms. The first-order chi connectivity index (χ1) is 7.70. The van der Waals surface area contributed by atoms with Gasteiger partial charge in [-0.15, -0.1) is 11.3 Å². The summed E-state index contributed by atoms with van der Waals surface area (Å²) in [7, 11) is 0. The van der Waals surface area contributed by atoms with E-state index in [1.54, 1.807) is 11.3 Å². The summed E-state index contributed by atoms with van der Waals surface area (Å²) in [6.07, 6.45) is 3.00. The molecule has 84 valence electrons. The lowest BCUT2D eigenvalue weighted by molar-refractivity contribution is 0.110. The molecule has 0 aliphatic heterocycles. The molecule has 3 heteroatoms. The Balaban J connectivity index is 1.90. The molecule has 0 amide bonds. The van der Waals surface area contributed by atoms with Crippen LogP contribution in [0.15, 0.2) is 24.3 Å². The zero-order chi connectivity index (χ0) is 11.2. The molecule has 1 aliphatic carbocycles. The number of rotatable bonds is 3. The van der Waals surface area contributed by atoms with E-state index in [0.29, 0.717) is 0 Å². The Kier molecular flexibility index (Phi) is 2.26. The second kappa shape index (κ2) is 3.54. The minimum atomic E-state index is -0.209. The van der Waals surface area contributed by atoms with E-state index in [9.17, 15) is 5.11 Å². The van der Waals surface area contributed by atoms with Gasteiger partial charge < -0.3 is 5.11 Å². The lowest BCUT2D eigenvalue weighted by atomic mass is 9.97. The number of fused-ring (bicyclic) bond motifs is 1. The summed E-state index contributed by atoms with van der Waals surface area (Å²) >= 11 is 1.76. The number of aromatic nitrogens is 1. The van der Waals surface area contributed by atoms with E-state index < -0.39 is 0 Å². The molecule has 1 heterocycles. The molecule has 1 N–H and O–H groups in total. The van der Waals surface area contributed by atoms with E-state index >= 15 is 0 Å². The van der Waals surface area contributed by atoms with Crippen molar-refractivity contribution in [2.75, 3.05) is 0 Å². The van der Waals surface area contributed by atoms with Crippen LogP contribution in [0.4, 0.5) is 0 Å². The van der Waals surface area contributed by atoms with Crippen molar-refractivity contribution >= 4 is 21.6 Å². The van der Waals surface area contributed by atoms with Gasteiger partial charge in [0.05, 0.1) is 21.3 Å². The molecule has 0 spiro atoms. The SMILES string of the molecule is CC(O)C1(Cc2nc3ccccc3s2)CC1. The third-order valence-corrected chi connectivity index (χ3v) is 4.66. The minimum Gasteiger partial charge on any atom is -0.393 e. The maximum Gasteiger partial charge on any atom is 0.0945 e. The maximum atomic E-state index is 9.76. The van der Waals surface area contributed by atoms with E-state index in [0.717, 1.165) is 24.8 Å². The second-order valence-electron chi connectivity index (χ2n) is 4.79. The zero-order valence-electron chi connectivity index (χ0n) is 9.31. The molecule has 1 aliphatic rings. The summed E-state index contributed by atoms with van der Waals surface area (Å²) in [6.45, 7) is 1.90. The Morgan fingerprint density at radius 3 is 2.81 bits per heavy atom. The van der Waals surface area contributed by atoms with Gasteiger partial charge >= 0.3 is 0 Å². The largest absolute Gasteiger partial charge is 0.393 e. The highest BCUT2D eigenvalue weighted by Crippen LogP contribution is 2.51. The van der Waals surface area contributed by atoms with Crippen molar-refractivity contribution in [2.24, 2.45) is 5.41 Å².